The van der Waals surface area contributed by atoms with Crippen molar-refractivity contribution < 1.29 is 9.21 Å². The van der Waals surface area contributed by atoms with Crippen molar-refractivity contribution in [3.05, 3.63) is 35.6 Å². The summed E-state index contributed by atoms with van der Waals surface area (Å²) in [6, 6.07) is 8.00. The molecule has 1 saturated heterocycles. The van der Waals surface area contributed by atoms with Crippen molar-refractivity contribution in [1.82, 2.24) is 15.5 Å². The van der Waals surface area contributed by atoms with E-state index >= 15 is 0 Å². The number of amides is 2. The van der Waals surface area contributed by atoms with Crippen molar-refractivity contribution in [2.45, 2.75) is 52.6 Å². The van der Waals surface area contributed by atoms with Gasteiger partial charge in [-0.3, -0.25) is 4.90 Å². The fourth-order valence-corrected chi connectivity index (χ4v) is 3.92. The van der Waals surface area contributed by atoms with E-state index in [4.69, 9.17) is 4.42 Å². The predicted molar refractivity (Wildman–Crippen MR) is 105 cm³/mol. The molecule has 1 aromatic heterocycles. The van der Waals surface area contributed by atoms with E-state index < -0.39 is 0 Å². The molecule has 2 amide bonds. The summed E-state index contributed by atoms with van der Waals surface area (Å²) in [6.07, 6.45) is 2.56. The molecule has 0 aliphatic carbocycles. The second-order valence-electron chi connectivity index (χ2n) is 7.75. The summed E-state index contributed by atoms with van der Waals surface area (Å²) in [5.74, 6) is 1.57. The predicted octanol–water partition coefficient (Wildman–Crippen LogP) is 4.22. The van der Waals surface area contributed by atoms with Gasteiger partial charge in [-0.1, -0.05) is 25.1 Å². The second-order valence-corrected chi connectivity index (χ2v) is 7.75. The molecule has 0 bridgehead atoms. The Hall–Kier alpha value is -2.01. The lowest BCUT2D eigenvalue weighted by Crippen LogP contribution is -2.48. The summed E-state index contributed by atoms with van der Waals surface area (Å²) in [5.41, 5.74) is 1.95. The minimum absolute atomic E-state index is 0.144. The average molecular weight is 357 g/mol. The number of piperidine rings is 1. The van der Waals surface area contributed by atoms with Crippen LogP contribution in [0.3, 0.4) is 0 Å². The normalized spacial score (nSPS) is 20.7. The first-order chi connectivity index (χ1) is 12.5. The molecule has 1 aromatic carbocycles. The van der Waals surface area contributed by atoms with Gasteiger partial charge >= 0.3 is 6.03 Å². The second kappa shape index (κ2) is 8.12. The quantitative estimate of drug-likeness (QED) is 0.842. The van der Waals surface area contributed by atoms with Crippen molar-refractivity contribution >= 4 is 17.0 Å². The summed E-state index contributed by atoms with van der Waals surface area (Å²) < 4.78 is 5.94. The van der Waals surface area contributed by atoms with Gasteiger partial charge in [-0.2, -0.15) is 0 Å². The molecule has 3 rings (SSSR count). The molecule has 26 heavy (non-hydrogen) atoms. The van der Waals surface area contributed by atoms with Crippen LogP contribution in [-0.4, -0.2) is 36.6 Å². The zero-order valence-electron chi connectivity index (χ0n) is 16.3. The molecule has 1 aliphatic heterocycles. The SMILES string of the molecule is Cc1c(C(C)NC(=O)NCC(C)N2CCCC(C)C2)oc2ccccc12. The van der Waals surface area contributed by atoms with Crippen molar-refractivity contribution in [2.24, 2.45) is 5.92 Å². The van der Waals surface area contributed by atoms with Gasteiger partial charge in [0.2, 0.25) is 0 Å². The van der Waals surface area contributed by atoms with Gasteiger partial charge in [0.15, 0.2) is 0 Å². The van der Waals surface area contributed by atoms with Crippen LogP contribution in [0.5, 0.6) is 0 Å². The van der Waals surface area contributed by atoms with Crippen molar-refractivity contribution in [3.63, 3.8) is 0 Å². The lowest BCUT2D eigenvalue weighted by atomic mass is 9.99. The summed E-state index contributed by atoms with van der Waals surface area (Å²) in [5, 5.41) is 7.12. The summed E-state index contributed by atoms with van der Waals surface area (Å²) >= 11 is 0. The van der Waals surface area contributed by atoms with Crippen LogP contribution >= 0.6 is 0 Å². The fourth-order valence-electron chi connectivity index (χ4n) is 3.92. The molecule has 5 heteroatoms. The third-order valence-electron chi connectivity index (χ3n) is 5.49. The van der Waals surface area contributed by atoms with Crippen LogP contribution in [0.2, 0.25) is 0 Å². The third-order valence-corrected chi connectivity index (χ3v) is 5.49. The first-order valence-electron chi connectivity index (χ1n) is 9.72. The van der Waals surface area contributed by atoms with Gasteiger partial charge in [-0.25, -0.2) is 4.79 Å². The first kappa shape index (κ1) is 18.8. The van der Waals surface area contributed by atoms with Gasteiger partial charge in [0.05, 0.1) is 6.04 Å². The number of likely N-dealkylation sites (tertiary alicyclic amines) is 1. The van der Waals surface area contributed by atoms with Crippen LogP contribution in [0, 0.1) is 12.8 Å². The fraction of sp³-hybridized carbons (Fsp3) is 0.571. The molecule has 1 fully saturated rings. The number of benzene rings is 1. The highest BCUT2D eigenvalue weighted by Crippen LogP contribution is 2.29. The summed E-state index contributed by atoms with van der Waals surface area (Å²) in [6.45, 7) is 11.4. The van der Waals surface area contributed by atoms with E-state index in [0.29, 0.717) is 12.6 Å². The number of fused-ring (bicyclic) bond motifs is 1. The number of para-hydroxylation sites is 1. The Morgan fingerprint density at radius 1 is 1.35 bits per heavy atom. The van der Waals surface area contributed by atoms with Gasteiger partial charge in [-0.05, 0) is 52.1 Å². The van der Waals surface area contributed by atoms with E-state index in [9.17, 15) is 4.79 Å². The first-order valence-corrected chi connectivity index (χ1v) is 9.72. The highest BCUT2D eigenvalue weighted by atomic mass is 16.3. The zero-order valence-corrected chi connectivity index (χ0v) is 16.3. The maximum Gasteiger partial charge on any atom is 0.315 e. The van der Waals surface area contributed by atoms with Crippen LogP contribution in [0.25, 0.3) is 11.0 Å². The third kappa shape index (κ3) is 4.21. The maximum atomic E-state index is 12.3. The number of aryl methyl sites for hydroxylation is 1. The Bertz CT molecular complexity index is 755. The van der Waals surface area contributed by atoms with Gasteiger partial charge < -0.3 is 15.1 Å². The van der Waals surface area contributed by atoms with Gasteiger partial charge in [0.25, 0.3) is 0 Å². The van der Waals surface area contributed by atoms with E-state index in [2.05, 4.69) is 29.4 Å². The van der Waals surface area contributed by atoms with Crippen LogP contribution in [0.4, 0.5) is 4.79 Å². The molecule has 3 atom stereocenters. The Kier molecular flexibility index (Phi) is 5.87. The standard InChI is InChI=1S/C21H31N3O2/c1-14-8-7-11-24(13-14)15(2)12-22-21(25)23-17(4)20-16(3)18-9-5-6-10-19(18)26-20/h5-6,9-10,14-15,17H,7-8,11-13H2,1-4H3,(H2,22,23,25). The number of rotatable bonds is 5. The van der Waals surface area contributed by atoms with Gasteiger partial charge in [0, 0.05) is 30.1 Å². The molecule has 1 aliphatic rings. The Morgan fingerprint density at radius 2 is 2.12 bits per heavy atom. The van der Waals surface area contributed by atoms with E-state index in [0.717, 1.165) is 41.3 Å². The lowest BCUT2D eigenvalue weighted by molar-refractivity contribution is 0.137. The van der Waals surface area contributed by atoms with Crippen molar-refractivity contribution in [2.75, 3.05) is 19.6 Å². The molecule has 0 spiro atoms. The molecule has 2 heterocycles. The van der Waals surface area contributed by atoms with E-state index in [1.54, 1.807) is 0 Å². The minimum atomic E-state index is -0.173. The van der Waals surface area contributed by atoms with E-state index in [1.807, 2.05) is 38.1 Å². The van der Waals surface area contributed by atoms with Crippen LogP contribution in [0.1, 0.15) is 51.0 Å². The molecular formula is C21H31N3O2. The molecule has 2 aromatic rings. The summed E-state index contributed by atoms with van der Waals surface area (Å²) in [4.78, 5) is 14.8. The minimum Gasteiger partial charge on any atom is -0.459 e. The topological polar surface area (TPSA) is 57.5 Å². The average Bonchev–Trinajstić information content (AvgIpc) is 2.97. The molecule has 2 N–H and O–H groups in total. The van der Waals surface area contributed by atoms with Crippen LogP contribution < -0.4 is 10.6 Å². The van der Waals surface area contributed by atoms with Crippen LogP contribution in [0.15, 0.2) is 28.7 Å². The van der Waals surface area contributed by atoms with Crippen molar-refractivity contribution in [1.29, 1.82) is 0 Å². The molecule has 0 saturated carbocycles. The van der Waals surface area contributed by atoms with Gasteiger partial charge in [-0.15, -0.1) is 0 Å². The smallest absolute Gasteiger partial charge is 0.315 e. The monoisotopic (exact) mass is 357 g/mol. The number of hydrogen-bond donors (Lipinski definition) is 2. The highest BCUT2D eigenvalue weighted by Gasteiger charge is 2.22. The Balaban J connectivity index is 1.53. The molecule has 0 radical (unpaired) electrons. The lowest BCUT2D eigenvalue weighted by Gasteiger charge is -2.35. The molecular weight excluding hydrogens is 326 g/mol. The van der Waals surface area contributed by atoms with Crippen molar-refractivity contribution in [3.8, 4) is 0 Å². The number of nitrogens with one attached hydrogen (secondary N) is 2. The van der Waals surface area contributed by atoms with E-state index in [1.165, 1.54) is 12.8 Å². The van der Waals surface area contributed by atoms with Gasteiger partial charge in [0.1, 0.15) is 11.3 Å². The molecule has 142 valence electrons. The number of urea groups is 1. The summed E-state index contributed by atoms with van der Waals surface area (Å²) in [7, 11) is 0. The Morgan fingerprint density at radius 3 is 2.85 bits per heavy atom. The highest BCUT2D eigenvalue weighted by molar-refractivity contribution is 5.82. The largest absolute Gasteiger partial charge is 0.459 e. The molecule has 3 unspecified atom stereocenters. The van der Waals surface area contributed by atoms with E-state index in [-0.39, 0.29) is 12.1 Å². The molecule has 5 nitrogen and oxygen atoms in total. The number of furan rings is 1. The Labute approximate surface area is 156 Å². The van der Waals surface area contributed by atoms with Crippen LogP contribution in [-0.2, 0) is 0 Å². The zero-order chi connectivity index (χ0) is 18.7. The number of hydrogen-bond acceptors (Lipinski definition) is 3. The number of nitrogens with zero attached hydrogens (tertiary/aromatic N) is 1. The number of carbonyl (C=O) groups is 1. The maximum absolute atomic E-state index is 12.3. The number of carbonyl (C=O) groups excluding carboxylic acids is 1.